The first-order valence-electron chi connectivity index (χ1n) is 4.62. The zero-order valence-electron chi connectivity index (χ0n) is 7.79. The van der Waals surface area contributed by atoms with Gasteiger partial charge in [-0.05, 0) is 6.42 Å². The molecule has 0 aromatic heterocycles. The van der Waals surface area contributed by atoms with Crippen molar-refractivity contribution in [2.45, 2.75) is 32.8 Å². The van der Waals surface area contributed by atoms with Crippen LogP contribution in [0.3, 0.4) is 0 Å². The molecule has 1 aliphatic rings. The van der Waals surface area contributed by atoms with Gasteiger partial charge in [-0.3, -0.25) is 4.79 Å². The summed E-state index contributed by atoms with van der Waals surface area (Å²) in [5.41, 5.74) is 0. The second kappa shape index (κ2) is 3.90. The highest BCUT2D eigenvalue weighted by Gasteiger charge is 2.30. The molecule has 0 aliphatic carbocycles. The Morgan fingerprint density at radius 1 is 1.67 bits per heavy atom. The average molecular weight is 171 g/mol. The zero-order valence-corrected chi connectivity index (χ0v) is 7.79. The van der Waals surface area contributed by atoms with E-state index in [-0.39, 0.29) is 17.9 Å². The van der Waals surface area contributed by atoms with Crippen molar-refractivity contribution in [1.82, 2.24) is 4.90 Å². The number of aliphatic hydroxyl groups is 1. The van der Waals surface area contributed by atoms with Crippen LogP contribution >= 0.6 is 0 Å². The molecule has 1 aliphatic heterocycles. The number of aliphatic hydroxyl groups excluding tert-OH is 1. The number of hydrogen-bond acceptors (Lipinski definition) is 2. The summed E-state index contributed by atoms with van der Waals surface area (Å²) in [5.74, 6) is 0.324. The molecule has 1 rings (SSSR count). The Balaban J connectivity index is 2.28. The van der Waals surface area contributed by atoms with Gasteiger partial charge in [-0.2, -0.15) is 0 Å². The second-order valence-corrected chi connectivity index (χ2v) is 3.59. The third kappa shape index (κ3) is 1.97. The van der Waals surface area contributed by atoms with Crippen LogP contribution in [0.2, 0.25) is 0 Å². The molecule has 3 heteroatoms. The summed E-state index contributed by atoms with van der Waals surface area (Å²) in [6.45, 7) is 5.10. The number of carbonyl (C=O) groups is 1. The molecule has 12 heavy (non-hydrogen) atoms. The first kappa shape index (κ1) is 9.52. The molecule has 1 atom stereocenters. The Labute approximate surface area is 73.4 Å². The number of nitrogens with zero attached hydrogens (tertiary/aromatic N) is 1. The van der Waals surface area contributed by atoms with Gasteiger partial charge in [0.1, 0.15) is 0 Å². The summed E-state index contributed by atoms with van der Waals surface area (Å²) in [6.07, 6.45) is 1.72. The predicted molar refractivity (Wildman–Crippen MR) is 46.7 cm³/mol. The standard InChI is InChI=1S/C9H17NO2/c1-3-4-7(2)9(12)10-5-8(11)6-10/h7-8,11H,3-6H2,1-2H3. The maximum absolute atomic E-state index is 11.5. The predicted octanol–water partition coefficient (Wildman–Crippen LogP) is 0.626. The minimum absolute atomic E-state index is 0.127. The number of hydrogen-bond donors (Lipinski definition) is 1. The average Bonchev–Trinajstić information content (AvgIpc) is 1.98. The van der Waals surface area contributed by atoms with Crippen molar-refractivity contribution in [3.63, 3.8) is 0 Å². The summed E-state index contributed by atoms with van der Waals surface area (Å²) < 4.78 is 0. The van der Waals surface area contributed by atoms with Gasteiger partial charge in [0, 0.05) is 19.0 Å². The van der Waals surface area contributed by atoms with E-state index >= 15 is 0 Å². The smallest absolute Gasteiger partial charge is 0.225 e. The van der Waals surface area contributed by atoms with Crippen LogP contribution in [0.5, 0.6) is 0 Å². The van der Waals surface area contributed by atoms with Gasteiger partial charge in [-0.15, -0.1) is 0 Å². The minimum Gasteiger partial charge on any atom is -0.389 e. The molecule has 0 radical (unpaired) electrons. The fourth-order valence-corrected chi connectivity index (χ4v) is 1.50. The van der Waals surface area contributed by atoms with Crippen LogP contribution in [0.15, 0.2) is 0 Å². The second-order valence-electron chi connectivity index (χ2n) is 3.59. The van der Waals surface area contributed by atoms with Crippen molar-refractivity contribution in [2.24, 2.45) is 5.92 Å². The van der Waals surface area contributed by atoms with E-state index in [1.807, 2.05) is 6.92 Å². The number of likely N-dealkylation sites (tertiary alicyclic amines) is 1. The molecule has 0 aromatic carbocycles. The molecular formula is C9H17NO2. The topological polar surface area (TPSA) is 40.5 Å². The van der Waals surface area contributed by atoms with E-state index in [0.717, 1.165) is 12.8 Å². The summed E-state index contributed by atoms with van der Waals surface area (Å²) in [7, 11) is 0. The number of β-amino-alcohol motifs (C(OH)–C–C–N with tert-alkyl or cyclic N) is 1. The normalized spacial score (nSPS) is 20.4. The fraction of sp³-hybridized carbons (Fsp3) is 0.889. The van der Waals surface area contributed by atoms with Gasteiger partial charge in [-0.25, -0.2) is 0 Å². The number of carbonyl (C=O) groups excluding carboxylic acids is 1. The van der Waals surface area contributed by atoms with Gasteiger partial charge in [0.05, 0.1) is 6.10 Å². The van der Waals surface area contributed by atoms with Gasteiger partial charge in [0.2, 0.25) is 5.91 Å². The van der Waals surface area contributed by atoms with Gasteiger partial charge in [-0.1, -0.05) is 20.3 Å². The van der Waals surface area contributed by atoms with Crippen LogP contribution in [0.25, 0.3) is 0 Å². The Hall–Kier alpha value is -0.570. The molecule has 0 spiro atoms. The van der Waals surface area contributed by atoms with E-state index in [2.05, 4.69) is 6.92 Å². The van der Waals surface area contributed by atoms with Crippen molar-refractivity contribution in [3.8, 4) is 0 Å². The molecule has 1 saturated heterocycles. The Morgan fingerprint density at radius 3 is 2.67 bits per heavy atom. The molecule has 0 aromatic rings. The molecule has 0 bridgehead atoms. The van der Waals surface area contributed by atoms with E-state index in [9.17, 15) is 4.79 Å². The third-order valence-corrected chi connectivity index (χ3v) is 2.32. The zero-order chi connectivity index (χ0) is 9.14. The highest BCUT2D eigenvalue weighted by molar-refractivity contribution is 5.79. The van der Waals surface area contributed by atoms with Gasteiger partial charge in [0.25, 0.3) is 0 Å². The third-order valence-electron chi connectivity index (χ3n) is 2.32. The maximum atomic E-state index is 11.5. The molecule has 0 saturated carbocycles. The highest BCUT2D eigenvalue weighted by Crippen LogP contribution is 2.15. The van der Waals surface area contributed by atoms with E-state index in [0.29, 0.717) is 13.1 Å². The van der Waals surface area contributed by atoms with Crippen LogP contribution in [0.1, 0.15) is 26.7 Å². The lowest BCUT2D eigenvalue weighted by molar-refractivity contribution is -0.145. The fourth-order valence-electron chi connectivity index (χ4n) is 1.50. The molecule has 3 nitrogen and oxygen atoms in total. The lowest BCUT2D eigenvalue weighted by Crippen LogP contribution is -2.54. The molecule has 1 heterocycles. The lowest BCUT2D eigenvalue weighted by atomic mass is 10.0. The van der Waals surface area contributed by atoms with Crippen LogP contribution in [0, 0.1) is 5.92 Å². The van der Waals surface area contributed by atoms with Crippen LogP contribution in [-0.2, 0) is 4.79 Å². The van der Waals surface area contributed by atoms with Crippen LogP contribution in [-0.4, -0.2) is 35.1 Å². The van der Waals surface area contributed by atoms with Gasteiger partial charge < -0.3 is 10.0 Å². The largest absolute Gasteiger partial charge is 0.389 e. The maximum Gasteiger partial charge on any atom is 0.225 e. The quantitative estimate of drug-likeness (QED) is 0.676. The first-order valence-corrected chi connectivity index (χ1v) is 4.62. The first-order chi connectivity index (χ1) is 5.65. The van der Waals surface area contributed by atoms with E-state index in [1.165, 1.54) is 0 Å². The van der Waals surface area contributed by atoms with Crippen molar-refractivity contribution in [2.75, 3.05) is 13.1 Å². The minimum atomic E-state index is -0.275. The molecule has 1 fully saturated rings. The molecule has 1 unspecified atom stereocenters. The Bertz CT molecular complexity index is 157. The van der Waals surface area contributed by atoms with E-state index in [4.69, 9.17) is 5.11 Å². The summed E-state index contributed by atoms with van der Waals surface area (Å²) in [5, 5.41) is 8.99. The van der Waals surface area contributed by atoms with E-state index in [1.54, 1.807) is 4.90 Å². The highest BCUT2D eigenvalue weighted by atomic mass is 16.3. The summed E-state index contributed by atoms with van der Waals surface area (Å²) >= 11 is 0. The monoisotopic (exact) mass is 171 g/mol. The van der Waals surface area contributed by atoms with E-state index < -0.39 is 0 Å². The van der Waals surface area contributed by atoms with Crippen molar-refractivity contribution in [1.29, 1.82) is 0 Å². The summed E-state index contributed by atoms with van der Waals surface area (Å²) in [6, 6.07) is 0. The van der Waals surface area contributed by atoms with Crippen LogP contribution < -0.4 is 0 Å². The molecule has 1 amide bonds. The Morgan fingerprint density at radius 2 is 2.25 bits per heavy atom. The Kier molecular flexibility index (Phi) is 3.09. The van der Waals surface area contributed by atoms with Crippen molar-refractivity contribution < 1.29 is 9.90 Å². The molecule has 70 valence electrons. The number of rotatable bonds is 3. The number of amides is 1. The SMILES string of the molecule is CCCC(C)C(=O)N1CC(O)C1. The van der Waals surface area contributed by atoms with Crippen molar-refractivity contribution >= 4 is 5.91 Å². The van der Waals surface area contributed by atoms with Crippen molar-refractivity contribution in [3.05, 3.63) is 0 Å². The van der Waals surface area contributed by atoms with Gasteiger partial charge in [0.15, 0.2) is 0 Å². The lowest BCUT2D eigenvalue weighted by Gasteiger charge is -2.37. The summed E-state index contributed by atoms with van der Waals surface area (Å²) in [4.78, 5) is 13.2. The molecular weight excluding hydrogens is 154 g/mol. The van der Waals surface area contributed by atoms with Gasteiger partial charge >= 0.3 is 0 Å². The molecule has 1 N–H and O–H groups in total. The van der Waals surface area contributed by atoms with Crippen LogP contribution in [0.4, 0.5) is 0 Å².